The van der Waals surface area contributed by atoms with Gasteiger partial charge in [-0.3, -0.25) is 9.59 Å². The van der Waals surface area contributed by atoms with Crippen LogP contribution in [0.1, 0.15) is 34.8 Å². The molecule has 7 heteroatoms. The fourth-order valence-electron chi connectivity index (χ4n) is 4.52. The number of aromatic nitrogens is 1. The van der Waals surface area contributed by atoms with Gasteiger partial charge in [0.05, 0.1) is 12.7 Å². The van der Waals surface area contributed by atoms with Gasteiger partial charge in [0, 0.05) is 42.3 Å². The van der Waals surface area contributed by atoms with Crippen molar-refractivity contribution in [2.45, 2.75) is 26.3 Å². The normalized spacial score (nSPS) is 10.9. The van der Waals surface area contributed by atoms with Crippen LogP contribution in [0.15, 0.2) is 79.0 Å². The topological polar surface area (TPSA) is 65.6 Å². The molecule has 3 aromatic carbocycles. The van der Waals surface area contributed by atoms with E-state index in [1.807, 2.05) is 55.6 Å². The Morgan fingerprint density at radius 1 is 0.892 bits per heavy atom. The average molecular weight is 502 g/mol. The van der Waals surface area contributed by atoms with Crippen molar-refractivity contribution in [2.24, 2.45) is 0 Å². The summed E-state index contributed by atoms with van der Waals surface area (Å²) in [5, 5.41) is 1.12. The van der Waals surface area contributed by atoms with E-state index in [-0.39, 0.29) is 18.0 Å². The Morgan fingerprint density at radius 2 is 1.62 bits per heavy atom. The molecule has 1 aromatic heterocycles. The first-order valence-corrected chi connectivity index (χ1v) is 12.5. The fraction of sp³-hybridized carbons (Fsp3) is 0.267. The Bertz CT molecular complexity index is 1370. The number of benzene rings is 3. The lowest BCUT2D eigenvalue weighted by Crippen LogP contribution is -2.44. The molecule has 0 aliphatic rings. The number of carbonyl (C=O) groups is 2. The quantitative estimate of drug-likeness (QED) is 0.298. The Morgan fingerprint density at radius 3 is 2.41 bits per heavy atom. The van der Waals surface area contributed by atoms with Crippen molar-refractivity contribution in [3.63, 3.8) is 0 Å². The number of carbonyl (C=O) groups excluding carboxylic acids is 2. The number of fused-ring (bicyclic) bond motifs is 1. The monoisotopic (exact) mass is 501 g/mol. The molecule has 0 bridgehead atoms. The summed E-state index contributed by atoms with van der Waals surface area (Å²) in [6, 6.07) is 21.5. The van der Waals surface area contributed by atoms with E-state index in [9.17, 15) is 14.0 Å². The number of aromatic amines is 1. The van der Waals surface area contributed by atoms with Gasteiger partial charge in [-0.25, -0.2) is 4.39 Å². The predicted octanol–water partition coefficient (Wildman–Crippen LogP) is 5.44. The molecule has 6 nitrogen and oxygen atoms in total. The van der Waals surface area contributed by atoms with Crippen molar-refractivity contribution in [3.8, 4) is 5.75 Å². The van der Waals surface area contributed by atoms with Gasteiger partial charge in [0.15, 0.2) is 0 Å². The third-order valence-corrected chi connectivity index (χ3v) is 6.44. The van der Waals surface area contributed by atoms with E-state index in [4.69, 9.17) is 4.74 Å². The number of ether oxygens (including phenoxy) is 1. The molecule has 37 heavy (non-hydrogen) atoms. The first-order valence-electron chi connectivity index (χ1n) is 12.5. The number of para-hydroxylation sites is 2. The van der Waals surface area contributed by atoms with Crippen molar-refractivity contribution < 1.29 is 18.7 Å². The second-order valence-electron chi connectivity index (χ2n) is 8.94. The van der Waals surface area contributed by atoms with Gasteiger partial charge in [0.1, 0.15) is 18.1 Å². The van der Waals surface area contributed by atoms with E-state index < -0.39 is 11.7 Å². The molecule has 0 saturated carbocycles. The highest BCUT2D eigenvalue weighted by Crippen LogP contribution is 2.22. The minimum Gasteiger partial charge on any atom is -0.496 e. The SMILES string of the molecule is CCCN(CC(=O)N(CCc1c[nH]c2ccccc12)Cc1ccccc1OC)C(=O)c1ccccc1F. The molecule has 0 aliphatic carbocycles. The van der Waals surface area contributed by atoms with Crippen molar-refractivity contribution in [3.05, 3.63) is 102 Å². The van der Waals surface area contributed by atoms with Crippen LogP contribution in [0.2, 0.25) is 0 Å². The molecule has 0 spiro atoms. The number of hydrogen-bond donors (Lipinski definition) is 1. The number of amides is 2. The Labute approximate surface area is 216 Å². The highest BCUT2D eigenvalue weighted by Gasteiger charge is 2.24. The number of nitrogens with zero attached hydrogens (tertiary/aromatic N) is 2. The van der Waals surface area contributed by atoms with Gasteiger partial charge < -0.3 is 19.5 Å². The van der Waals surface area contributed by atoms with Gasteiger partial charge in [-0.05, 0) is 42.7 Å². The van der Waals surface area contributed by atoms with E-state index >= 15 is 0 Å². The number of hydrogen-bond acceptors (Lipinski definition) is 3. The largest absolute Gasteiger partial charge is 0.496 e. The van der Waals surface area contributed by atoms with E-state index in [1.54, 1.807) is 24.1 Å². The summed E-state index contributed by atoms with van der Waals surface area (Å²) in [6.07, 6.45) is 3.26. The molecule has 0 radical (unpaired) electrons. The van der Waals surface area contributed by atoms with E-state index in [1.165, 1.54) is 17.0 Å². The number of rotatable bonds is 11. The number of halogens is 1. The maximum absolute atomic E-state index is 14.4. The zero-order valence-electron chi connectivity index (χ0n) is 21.2. The highest BCUT2D eigenvalue weighted by atomic mass is 19.1. The molecular weight excluding hydrogens is 469 g/mol. The van der Waals surface area contributed by atoms with Crippen LogP contribution in [-0.4, -0.2) is 53.3 Å². The van der Waals surface area contributed by atoms with Crippen LogP contribution in [0.25, 0.3) is 10.9 Å². The van der Waals surface area contributed by atoms with E-state index in [2.05, 4.69) is 11.1 Å². The summed E-state index contributed by atoms with van der Waals surface area (Å²) in [7, 11) is 1.60. The summed E-state index contributed by atoms with van der Waals surface area (Å²) < 4.78 is 19.9. The van der Waals surface area contributed by atoms with Crippen molar-refractivity contribution in [1.29, 1.82) is 0 Å². The predicted molar refractivity (Wildman–Crippen MR) is 143 cm³/mol. The molecule has 1 heterocycles. The van der Waals surface area contributed by atoms with Crippen LogP contribution in [0.4, 0.5) is 4.39 Å². The third-order valence-electron chi connectivity index (χ3n) is 6.44. The molecule has 2 amide bonds. The van der Waals surface area contributed by atoms with Crippen molar-refractivity contribution in [1.82, 2.24) is 14.8 Å². The molecule has 4 aromatic rings. The maximum Gasteiger partial charge on any atom is 0.257 e. The third kappa shape index (κ3) is 6.17. The summed E-state index contributed by atoms with van der Waals surface area (Å²) in [6.45, 7) is 2.93. The van der Waals surface area contributed by atoms with Gasteiger partial charge in [-0.1, -0.05) is 55.5 Å². The fourth-order valence-corrected chi connectivity index (χ4v) is 4.52. The molecule has 0 fully saturated rings. The maximum atomic E-state index is 14.4. The summed E-state index contributed by atoms with van der Waals surface area (Å²) in [5.74, 6) is -0.586. The molecule has 4 rings (SSSR count). The van der Waals surface area contributed by atoms with Crippen LogP contribution in [0, 0.1) is 5.82 Å². The van der Waals surface area contributed by atoms with Crippen LogP contribution in [0.3, 0.4) is 0 Å². The van der Waals surface area contributed by atoms with Gasteiger partial charge in [0.2, 0.25) is 5.91 Å². The van der Waals surface area contributed by atoms with Crippen LogP contribution >= 0.6 is 0 Å². The second-order valence-corrected chi connectivity index (χ2v) is 8.94. The summed E-state index contributed by atoms with van der Waals surface area (Å²) in [4.78, 5) is 33.3. The first kappa shape index (κ1) is 25.9. The molecule has 0 unspecified atom stereocenters. The van der Waals surface area contributed by atoms with Crippen LogP contribution < -0.4 is 4.74 Å². The smallest absolute Gasteiger partial charge is 0.257 e. The number of methoxy groups -OCH3 is 1. The molecule has 0 saturated heterocycles. The Kier molecular flexibility index (Phi) is 8.56. The molecule has 0 atom stereocenters. The molecule has 192 valence electrons. The zero-order valence-corrected chi connectivity index (χ0v) is 21.2. The minimum atomic E-state index is -0.591. The summed E-state index contributed by atoms with van der Waals surface area (Å²) >= 11 is 0. The Balaban J connectivity index is 1.57. The van der Waals surface area contributed by atoms with Gasteiger partial charge in [-0.15, -0.1) is 0 Å². The van der Waals surface area contributed by atoms with Crippen molar-refractivity contribution in [2.75, 3.05) is 26.7 Å². The highest BCUT2D eigenvalue weighted by molar-refractivity contribution is 5.96. The number of nitrogens with one attached hydrogen (secondary N) is 1. The number of H-pyrrole nitrogens is 1. The van der Waals surface area contributed by atoms with Crippen molar-refractivity contribution >= 4 is 22.7 Å². The first-order chi connectivity index (χ1) is 18.0. The second kappa shape index (κ2) is 12.2. The van der Waals surface area contributed by atoms with Gasteiger partial charge >= 0.3 is 0 Å². The minimum absolute atomic E-state index is 0.0289. The zero-order chi connectivity index (χ0) is 26.2. The van der Waals surface area contributed by atoms with E-state index in [0.717, 1.165) is 22.0 Å². The standard InChI is InChI=1S/C30H32FN3O3/c1-3-17-34(30(36)25-12-5-7-13-26(25)31)21-29(35)33(20-23-10-4-9-15-28(23)37-2)18-16-22-19-32-27-14-8-6-11-24(22)27/h4-15,19,32H,3,16-18,20-21H2,1-2H3. The Hall–Kier alpha value is -4.13. The van der Waals surface area contributed by atoms with Crippen LogP contribution in [0.5, 0.6) is 5.75 Å². The average Bonchev–Trinajstić information content (AvgIpc) is 3.34. The van der Waals surface area contributed by atoms with Crippen LogP contribution in [-0.2, 0) is 17.8 Å². The molecule has 1 N–H and O–H groups in total. The molecular formula is C30H32FN3O3. The van der Waals surface area contributed by atoms with E-state index in [0.29, 0.717) is 38.2 Å². The summed E-state index contributed by atoms with van der Waals surface area (Å²) in [5.41, 5.74) is 3.00. The molecule has 0 aliphatic heterocycles. The van der Waals surface area contributed by atoms with Gasteiger partial charge in [-0.2, -0.15) is 0 Å². The lowest BCUT2D eigenvalue weighted by atomic mass is 10.1. The lowest BCUT2D eigenvalue weighted by Gasteiger charge is -2.28. The lowest BCUT2D eigenvalue weighted by molar-refractivity contribution is -0.132. The van der Waals surface area contributed by atoms with Gasteiger partial charge in [0.25, 0.3) is 5.91 Å².